The fourth-order valence-corrected chi connectivity index (χ4v) is 3.49. The Morgan fingerprint density at radius 2 is 1.88 bits per heavy atom. The second kappa shape index (κ2) is 11.6. The molecule has 1 amide bonds. The Balaban J connectivity index is 2.18. The lowest BCUT2D eigenvalue weighted by Crippen LogP contribution is -2.49. The molecule has 6 N–H and O–H groups in total. The van der Waals surface area contributed by atoms with E-state index in [2.05, 4.69) is 10.3 Å². The van der Waals surface area contributed by atoms with Gasteiger partial charge < -0.3 is 30.8 Å². The van der Waals surface area contributed by atoms with Gasteiger partial charge in [0.25, 0.3) is 0 Å². The molecule has 0 aliphatic heterocycles. The summed E-state index contributed by atoms with van der Waals surface area (Å²) in [7, 11) is 2.92. The predicted octanol–water partition coefficient (Wildman–Crippen LogP) is -1.24. The highest BCUT2D eigenvalue weighted by Gasteiger charge is 2.30. The third-order valence-corrected chi connectivity index (χ3v) is 5.30. The molecule has 0 fully saturated rings. The fourth-order valence-electron chi connectivity index (χ4n) is 1.62. The number of hydrogen-bond acceptors (Lipinski definition) is 9. The molecular weight excluding hydrogens is 356 g/mol. The van der Waals surface area contributed by atoms with Gasteiger partial charge in [0.05, 0.1) is 12.7 Å². The van der Waals surface area contributed by atoms with Crippen molar-refractivity contribution < 1.29 is 30.3 Å². The Morgan fingerprint density at radius 3 is 2.50 bits per heavy atom. The molecule has 0 aromatic carbocycles. The summed E-state index contributed by atoms with van der Waals surface area (Å²) in [6.07, 6.45) is -4.50. The molecule has 0 spiro atoms. The van der Waals surface area contributed by atoms with Crippen molar-refractivity contribution in [2.75, 3.05) is 18.9 Å². The van der Waals surface area contributed by atoms with Crippen LogP contribution in [0.3, 0.4) is 0 Å². The van der Waals surface area contributed by atoms with E-state index in [-0.39, 0.29) is 18.9 Å². The average Bonchev–Trinajstić information content (AvgIpc) is 2.62. The number of pyridine rings is 1. The van der Waals surface area contributed by atoms with E-state index in [1.807, 2.05) is 18.2 Å². The van der Waals surface area contributed by atoms with Crippen LogP contribution in [-0.2, 0) is 4.79 Å². The fraction of sp³-hybridized carbons (Fsp3) is 0.571. The van der Waals surface area contributed by atoms with Crippen LogP contribution >= 0.6 is 21.6 Å². The number of aliphatic hydroxyl groups excluding tert-OH is 5. The predicted molar refractivity (Wildman–Crippen MR) is 91.3 cm³/mol. The summed E-state index contributed by atoms with van der Waals surface area (Å²) in [5.41, 5.74) is 0. The number of amides is 1. The lowest BCUT2D eigenvalue weighted by Gasteiger charge is -2.25. The van der Waals surface area contributed by atoms with Gasteiger partial charge >= 0.3 is 0 Å². The number of aliphatic hydroxyl groups is 5. The number of hydrogen-bond donors (Lipinski definition) is 6. The van der Waals surface area contributed by atoms with Gasteiger partial charge in [0.1, 0.15) is 23.3 Å². The summed E-state index contributed by atoms with van der Waals surface area (Å²) in [4.78, 5) is 15.8. The average molecular weight is 378 g/mol. The minimum Gasteiger partial charge on any atom is -0.394 e. The highest BCUT2D eigenvalue weighted by molar-refractivity contribution is 8.76. The molecule has 136 valence electrons. The molecule has 0 aliphatic carbocycles. The number of carbonyl (C=O) groups excluding carboxylic acids is 1. The van der Waals surface area contributed by atoms with Gasteiger partial charge in [-0.3, -0.25) is 4.79 Å². The molecule has 4 atom stereocenters. The van der Waals surface area contributed by atoms with Gasteiger partial charge in [0, 0.05) is 24.9 Å². The van der Waals surface area contributed by atoms with Crippen molar-refractivity contribution in [2.24, 2.45) is 0 Å². The molecule has 1 aromatic rings. The Labute approximate surface area is 147 Å². The van der Waals surface area contributed by atoms with E-state index in [9.17, 15) is 25.2 Å². The van der Waals surface area contributed by atoms with Gasteiger partial charge in [0.15, 0.2) is 0 Å². The number of nitrogens with zero attached hydrogens (tertiary/aromatic N) is 1. The van der Waals surface area contributed by atoms with E-state index < -0.39 is 31.0 Å². The van der Waals surface area contributed by atoms with Crippen molar-refractivity contribution in [1.82, 2.24) is 10.3 Å². The van der Waals surface area contributed by atoms with E-state index >= 15 is 0 Å². The monoisotopic (exact) mass is 378 g/mol. The van der Waals surface area contributed by atoms with Gasteiger partial charge in [-0.1, -0.05) is 16.9 Å². The highest BCUT2D eigenvalue weighted by atomic mass is 33.1. The standard InChI is InChI=1S/C14H22N2O6S2/c17-8-10(19)14(22)13(21)9(18)7-16-11(20)4-6-23-24-12-3-1-2-5-15-12/h1-3,5,9-10,13-14,17-19,21-22H,4,6-8H2,(H,16,20)/t9-,10-,13-,14-/m1/s1. The number of carbonyl (C=O) groups is 1. The van der Waals surface area contributed by atoms with Crippen molar-refractivity contribution in [3.63, 3.8) is 0 Å². The Bertz CT molecular complexity index is 482. The van der Waals surface area contributed by atoms with E-state index in [0.29, 0.717) is 5.75 Å². The van der Waals surface area contributed by atoms with Crippen molar-refractivity contribution in [2.45, 2.75) is 35.9 Å². The van der Waals surface area contributed by atoms with Gasteiger partial charge in [-0.2, -0.15) is 0 Å². The molecule has 1 heterocycles. The first-order chi connectivity index (χ1) is 11.5. The zero-order valence-electron chi connectivity index (χ0n) is 12.9. The van der Waals surface area contributed by atoms with Crippen LogP contribution in [0.1, 0.15) is 6.42 Å². The number of aromatic nitrogens is 1. The van der Waals surface area contributed by atoms with Crippen LogP contribution in [0, 0.1) is 0 Å². The zero-order valence-corrected chi connectivity index (χ0v) is 14.5. The Morgan fingerprint density at radius 1 is 1.17 bits per heavy atom. The van der Waals surface area contributed by atoms with E-state index in [1.54, 1.807) is 6.20 Å². The maximum atomic E-state index is 11.6. The smallest absolute Gasteiger partial charge is 0.220 e. The lowest BCUT2D eigenvalue weighted by molar-refractivity contribution is -0.125. The van der Waals surface area contributed by atoms with Crippen LogP contribution in [0.5, 0.6) is 0 Å². The summed E-state index contributed by atoms with van der Waals surface area (Å²) in [6, 6.07) is 5.55. The molecule has 0 unspecified atom stereocenters. The second-order valence-corrected chi connectivity index (χ2v) is 7.36. The van der Waals surface area contributed by atoms with Crippen molar-refractivity contribution in [1.29, 1.82) is 0 Å². The van der Waals surface area contributed by atoms with Crippen molar-refractivity contribution >= 4 is 27.5 Å². The van der Waals surface area contributed by atoms with Crippen molar-refractivity contribution in [3.8, 4) is 0 Å². The molecule has 0 saturated heterocycles. The van der Waals surface area contributed by atoms with Gasteiger partial charge in [-0.15, -0.1) is 0 Å². The maximum Gasteiger partial charge on any atom is 0.220 e. The van der Waals surface area contributed by atoms with Crippen LogP contribution in [0.15, 0.2) is 29.4 Å². The summed E-state index contributed by atoms with van der Waals surface area (Å²) >= 11 is 0. The zero-order chi connectivity index (χ0) is 17.9. The molecule has 0 radical (unpaired) electrons. The van der Waals surface area contributed by atoms with Gasteiger partial charge in [-0.25, -0.2) is 4.98 Å². The molecule has 10 heteroatoms. The summed E-state index contributed by atoms with van der Waals surface area (Å²) < 4.78 is 0. The van der Waals surface area contributed by atoms with Crippen LogP contribution < -0.4 is 5.32 Å². The summed E-state index contributed by atoms with van der Waals surface area (Å²) in [5.74, 6) is 0.227. The van der Waals surface area contributed by atoms with Crippen LogP contribution in [0.2, 0.25) is 0 Å². The van der Waals surface area contributed by atoms with E-state index in [4.69, 9.17) is 5.11 Å². The first kappa shape index (κ1) is 21.2. The first-order valence-electron chi connectivity index (χ1n) is 7.26. The molecule has 24 heavy (non-hydrogen) atoms. The molecule has 1 aromatic heterocycles. The van der Waals surface area contributed by atoms with Gasteiger partial charge in [0.2, 0.25) is 5.91 Å². The lowest BCUT2D eigenvalue weighted by atomic mass is 10.0. The topological polar surface area (TPSA) is 143 Å². The number of rotatable bonds is 11. The second-order valence-electron chi connectivity index (χ2n) is 4.93. The molecule has 1 rings (SSSR count). The van der Waals surface area contributed by atoms with Crippen LogP contribution in [0.4, 0.5) is 0 Å². The first-order valence-corrected chi connectivity index (χ1v) is 9.58. The summed E-state index contributed by atoms with van der Waals surface area (Å²) in [5, 5.41) is 49.9. The van der Waals surface area contributed by atoms with Crippen LogP contribution in [-0.4, -0.2) is 79.7 Å². The minimum absolute atomic E-state index is 0.217. The third kappa shape index (κ3) is 7.79. The molecule has 0 aliphatic rings. The normalized spacial score (nSPS) is 16.2. The Kier molecular flexibility index (Phi) is 10.3. The largest absolute Gasteiger partial charge is 0.394 e. The molecular formula is C14H22N2O6S2. The number of nitrogens with one attached hydrogen (secondary N) is 1. The van der Waals surface area contributed by atoms with Crippen molar-refractivity contribution in [3.05, 3.63) is 24.4 Å². The highest BCUT2D eigenvalue weighted by Crippen LogP contribution is 2.29. The summed E-state index contributed by atoms with van der Waals surface area (Å²) in [6.45, 7) is -1.02. The minimum atomic E-state index is -1.70. The third-order valence-electron chi connectivity index (χ3n) is 3.03. The molecule has 0 saturated carbocycles. The molecule has 0 bridgehead atoms. The van der Waals surface area contributed by atoms with E-state index in [1.165, 1.54) is 21.6 Å². The van der Waals surface area contributed by atoms with Gasteiger partial charge in [-0.05, 0) is 22.9 Å². The maximum absolute atomic E-state index is 11.6. The quantitative estimate of drug-likeness (QED) is 0.206. The van der Waals surface area contributed by atoms with E-state index in [0.717, 1.165) is 5.03 Å². The molecule has 8 nitrogen and oxygen atoms in total. The Hall–Kier alpha value is -0.880. The SMILES string of the molecule is O=C(CCSSc1ccccn1)NC[C@@H](O)[C@@H](O)[C@H](O)[C@H](O)CO. The van der Waals surface area contributed by atoms with Crippen LogP contribution in [0.25, 0.3) is 0 Å².